The molecule has 0 aromatic carbocycles. The summed E-state index contributed by atoms with van der Waals surface area (Å²) in [7, 11) is 0. The van der Waals surface area contributed by atoms with Crippen molar-refractivity contribution in [1.29, 1.82) is 0 Å². The molecular weight excluding hydrogens is 434 g/mol. The number of nitrogens with one attached hydrogen (secondary N) is 1. The predicted octanol–water partition coefficient (Wildman–Crippen LogP) is 7.34. The first-order valence-corrected chi connectivity index (χ1v) is 15.4. The van der Waals surface area contributed by atoms with E-state index in [4.69, 9.17) is 4.74 Å². The summed E-state index contributed by atoms with van der Waals surface area (Å²) in [5.41, 5.74) is 0.813. The Hall–Kier alpha value is -0.770. The van der Waals surface area contributed by atoms with Crippen molar-refractivity contribution in [3.05, 3.63) is 0 Å². The van der Waals surface area contributed by atoms with Gasteiger partial charge in [0.1, 0.15) is 0 Å². The number of carbonyl (C=O) groups excluding carboxylic acids is 1. The molecule has 4 nitrogen and oxygen atoms in total. The van der Waals surface area contributed by atoms with Gasteiger partial charge in [0, 0.05) is 6.04 Å². The number of aliphatic hydroxyl groups is 1. The van der Waals surface area contributed by atoms with Crippen LogP contribution in [-0.4, -0.2) is 30.0 Å². The maximum atomic E-state index is 12.5. The maximum absolute atomic E-state index is 12.5. The molecule has 5 aliphatic carbocycles. The zero-order valence-electron chi connectivity index (χ0n) is 23.1. The summed E-state index contributed by atoms with van der Waals surface area (Å²) in [5.74, 6) is 5.10. The zero-order valence-corrected chi connectivity index (χ0v) is 23.1. The molecule has 200 valence electrons. The van der Waals surface area contributed by atoms with Crippen molar-refractivity contribution in [2.24, 2.45) is 52.3 Å². The van der Waals surface area contributed by atoms with Gasteiger partial charge in [0.2, 0.25) is 0 Å². The predicted molar refractivity (Wildman–Crippen MR) is 141 cm³/mol. The summed E-state index contributed by atoms with van der Waals surface area (Å²) in [6, 6.07) is 0.319. The number of hydrogen-bond acceptors (Lipinski definition) is 3. The fourth-order valence-corrected chi connectivity index (χ4v) is 10.7. The van der Waals surface area contributed by atoms with Gasteiger partial charge in [-0.25, -0.2) is 4.79 Å². The molecule has 5 aliphatic rings. The Kier molecular flexibility index (Phi) is 7.52. The SMILES string of the molecule is CC[C@H]1CC2C3CC[C@H](C(C)COC(=O)NC4CCCCC4)C3(C)CC[C@@H]2C2(C)CC[C@@H](O)CC12. The number of alkyl carbamates (subject to hydrolysis) is 1. The van der Waals surface area contributed by atoms with Crippen molar-refractivity contribution in [2.45, 2.75) is 130 Å². The molecule has 5 fully saturated rings. The van der Waals surface area contributed by atoms with Gasteiger partial charge < -0.3 is 15.2 Å². The minimum absolute atomic E-state index is 0.0699. The monoisotopic (exact) mass is 487 g/mol. The van der Waals surface area contributed by atoms with E-state index in [0.29, 0.717) is 41.2 Å². The fraction of sp³-hybridized carbons (Fsp3) is 0.968. The molecule has 0 bridgehead atoms. The van der Waals surface area contributed by atoms with Gasteiger partial charge in [-0.3, -0.25) is 0 Å². The summed E-state index contributed by atoms with van der Waals surface area (Å²) in [6.45, 7) is 10.5. The summed E-state index contributed by atoms with van der Waals surface area (Å²) < 4.78 is 5.81. The highest BCUT2D eigenvalue weighted by Crippen LogP contribution is 2.69. The molecule has 6 unspecified atom stereocenters. The van der Waals surface area contributed by atoms with E-state index in [1.807, 2.05) is 0 Å². The number of aliphatic hydroxyl groups excluding tert-OH is 1. The van der Waals surface area contributed by atoms with Crippen LogP contribution in [0.4, 0.5) is 4.79 Å². The molecule has 4 heteroatoms. The molecule has 0 radical (unpaired) electrons. The van der Waals surface area contributed by atoms with Crippen molar-refractivity contribution in [1.82, 2.24) is 5.32 Å². The van der Waals surface area contributed by atoms with Crippen LogP contribution >= 0.6 is 0 Å². The Morgan fingerprint density at radius 1 is 0.943 bits per heavy atom. The van der Waals surface area contributed by atoms with E-state index in [1.165, 1.54) is 64.2 Å². The van der Waals surface area contributed by atoms with E-state index >= 15 is 0 Å². The second-order valence-corrected chi connectivity index (χ2v) is 14.1. The fourth-order valence-electron chi connectivity index (χ4n) is 10.7. The lowest BCUT2D eigenvalue weighted by atomic mass is 9.42. The summed E-state index contributed by atoms with van der Waals surface area (Å²) in [5, 5.41) is 13.6. The minimum Gasteiger partial charge on any atom is -0.449 e. The molecule has 35 heavy (non-hydrogen) atoms. The van der Waals surface area contributed by atoms with Crippen molar-refractivity contribution in [2.75, 3.05) is 6.61 Å². The molecule has 5 saturated carbocycles. The van der Waals surface area contributed by atoms with Crippen LogP contribution in [0.1, 0.15) is 118 Å². The lowest BCUT2D eigenvalue weighted by molar-refractivity contribution is -0.153. The quantitative estimate of drug-likeness (QED) is 0.426. The van der Waals surface area contributed by atoms with E-state index in [9.17, 15) is 9.90 Å². The van der Waals surface area contributed by atoms with Crippen LogP contribution in [0.2, 0.25) is 0 Å². The average molecular weight is 488 g/mol. The van der Waals surface area contributed by atoms with Crippen LogP contribution in [0.5, 0.6) is 0 Å². The third-order valence-corrected chi connectivity index (χ3v) is 12.5. The number of amides is 1. The Labute approximate surface area is 214 Å². The van der Waals surface area contributed by atoms with E-state index in [-0.39, 0.29) is 12.2 Å². The van der Waals surface area contributed by atoms with Crippen LogP contribution in [0, 0.1) is 52.3 Å². The van der Waals surface area contributed by atoms with E-state index < -0.39 is 0 Å². The standard InChI is InChI=1S/C31H53NO3/c1-5-21-17-24-26-12-11-25(20(2)19-35-29(34)32-22-9-7-6-8-10-22)30(26,3)16-14-27(24)31(4)15-13-23(33)18-28(21)31/h20-28,33H,5-19H2,1-4H3,(H,32,34)/t20?,21-,23+,24?,25+,26?,27-,28?,30?,31?/m0/s1. The molecule has 0 saturated heterocycles. The number of fused-ring (bicyclic) bond motifs is 5. The smallest absolute Gasteiger partial charge is 0.407 e. The van der Waals surface area contributed by atoms with E-state index in [0.717, 1.165) is 49.4 Å². The number of rotatable bonds is 5. The second kappa shape index (κ2) is 10.2. The van der Waals surface area contributed by atoms with Crippen molar-refractivity contribution < 1.29 is 14.6 Å². The van der Waals surface area contributed by atoms with E-state index in [1.54, 1.807) is 0 Å². The third-order valence-electron chi connectivity index (χ3n) is 12.5. The van der Waals surface area contributed by atoms with Gasteiger partial charge in [-0.1, -0.05) is 53.4 Å². The van der Waals surface area contributed by atoms with Gasteiger partial charge in [0.25, 0.3) is 0 Å². The lowest BCUT2D eigenvalue weighted by Gasteiger charge is -2.63. The second-order valence-electron chi connectivity index (χ2n) is 14.1. The van der Waals surface area contributed by atoms with Crippen molar-refractivity contribution in [3.8, 4) is 0 Å². The van der Waals surface area contributed by atoms with Gasteiger partial charge in [-0.15, -0.1) is 0 Å². The highest BCUT2D eigenvalue weighted by Gasteiger charge is 2.62. The van der Waals surface area contributed by atoms with Crippen LogP contribution in [0.25, 0.3) is 0 Å². The van der Waals surface area contributed by atoms with Gasteiger partial charge in [-0.05, 0) is 116 Å². The summed E-state index contributed by atoms with van der Waals surface area (Å²) in [6.07, 6.45) is 17.0. The molecule has 0 aliphatic heterocycles. The summed E-state index contributed by atoms with van der Waals surface area (Å²) in [4.78, 5) is 12.5. The molecule has 0 heterocycles. The van der Waals surface area contributed by atoms with Crippen molar-refractivity contribution in [3.63, 3.8) is 0 Å². The normalized spacial score (nSPS) is 46.7. The van der Waals surface area contributed by atoms with Crippen molar-refractivity contribution >= 4 is 6.09 Å². The van der Waals surface area contributed by atoms with Gasteiger partial charge in [-0.2, -0.15) is 0 Å². The maximum Gasteiger partial charge on any atom is 0.407 e. The first kappa shape index (κ1) is 25.9. The number of hydrogen-bond donors (Lipinski definition) is 2. The molecule has 1 amide bonds. The zero-order chi connectivity index (χ0) is 24.8. The van der Waals surface area contributed by atoms with Gasteiger partial charge in [0.05, 0.1) is 12.7 Å². The molecule has 5 rings (SSSR count). The van der Waals surface area contributed by atoms with Gasteiger partial charge in [0.15, 0.2) is 0 Å². The number of carbonyl (C=O) groups is 1. The Morgan fingerprint density at radius 3 is 2.40 bits per heavy atom. The highest BCUT2D eigenvalue weighted by molar-refractivity contribution is 5.67. The van der Waals surface area contributed by atoms with Crippen LogP contribution in [-0.2, 0) is 4.74 Å². The molecular formula is C31H53NO3. The first-order chi connectivity index (χ1) is 16.8. The molecule has 0 spiro atoms. The Bertz CT molecular complexity index is 750. The largest absolute Gasteiger partial charge is 0.449 e. The van der Waals surface area contributed by atoms with E-state index in [2.05, 4.69) is 33.0 Å². The van der Waals surface area contributed by atoms with Crippen LogP contribution in [0.3, 0.4) is 0 Å². The Balaban J connectivity index is 1.23. The molecule has 0 aromatic rings. The highest BCUT2D eigenvalue weighted by atomic mass is 16.5. The lowest BCUT2D eigenvalue weighted by Crippen LogP contribution is -2.56. The van der Waals surface area contributed by atoms with Gasteiger partial charge >= 0.3 is 6.09 Å². The molecule has 0 aromatic heterocycles. The van der Waals surface area contributed by atoms with Crippen LogP contribution < -0.4 is 5.32 Å². The number of ether oxygens (including phenoxy) is 1. The molecule has 10 atom stereocenters. The third kappa shape index (κ3) is 4.68. The first-order valence-electron chi connectivity index (χ1n) is 15.4. The summed E-state index contributed by atoms with van der Waals surface area (Å²) >= 11 is 0. The average Bonchev–Trinajstić information content (AvgIpc) is 3.20. The Morgan fingerprint density at radius 2 is 1.66 bits per heavy atom. The van der Waals surface area contributed by atoms with Crippen LogP contribution in [0.15, 0.2) is 0 Å². The molecule has 2 N–H and O–H groups in total. The topological polar surface area (TPSA) is 58.6 Å². The minimum atomic E-state index is -0.191.